The molecular formula is C12H19BrN2O2S. The molecule has 0 amide bonds. The molecule has 0 bridgehead atoms. The number of nitrogens with one attached hydrogen (secondary N) is 1. The van der Waals surface area contributed by atoms with Gasteiger partial charge in [0.15, 0.2) is 0 Å². The van der Waals surface area contributed by atoms with Gasteiger partial charge in [-0.2, -0.15) is 12.7 Å². The molecular weight excluding hydrogens is 316 g/mol. The van der Waals surface area contributed by atoms with Gasteiger partial charge in [0, 0.05) is 24.1 Å². The smallest absolute Gasteiger partial charge is 0.271 e. The van der Waals surface area contributed by atoms with Crippen molar-refractivity contribution in [1.82, 2.24) is 4.31 Å². The fourth-order valence-electron chi connectivity index (χ4n) is 1.63. The zero-order valence-corrected chi connectivity index (χ0v) is 13.1. The zero-order chi connectivity index (χ0) is 13.6. The summed E-state index contributed by atoms with van der Waals surface area (Å²) in [7, 11) is -3.43. The molecule has 0 saturated heterocycles. The van der Waals surface area contributed by atoms with Crippen molar-refractivity contribution in [1.29, 1.82) is 0 Å². The van der Waals surface area contributed by atoms with Gasteiger partial charge in [0.05, 0.1) is 0 Å². The predicted molar refractivity (Wildman–Crippen MR) is 79.4 cm³/mol. The largest absolute Gasteiger partial charge is 0.301 e. The highest BCUT2D eigenvalue weighted by atomic mass is 79.9. The van der Waals surface area contributed by atoms with E-state index in [4.69, 9.17) is 0 Å². The second-order valence-corrected chi connectivity index (χ2v) is 6.29. The van der Waals surface area contributed by atoms with E-state index >= 15 is 0 Å². The van der Waals surface area contributed by atoms with Crippen LogP contribution in [-0.4, -0.2) is 31.1 Å². The first-order chi connectivity index (χ1) is 8.53. The molecule has 0 atom stereocenters. The highest BCUT2D eigenvalue weighted by molar-refractivity contribution is 9.09. The van der Waals surface area contributed by atoms with E-state index in [0.29, 0.717) is 18.8 Å². The van der Waals surface area contributed by atoms with Gasteiger partial charge in [-0.1, -0.05) is 41.9 Å². The maximum atomic E-state index is 12.0. The quantitative estimate of drug-likeness (QED) is 0.779. The molecule has 0 aliphatic carbocycles. The van der Waals surface area contributed by atoms with Crippen molar-refractivity contribution in [2.24, 2.45) is 0 Å². The predicted octanol–water partition coefficient (Wildman–Crippen LogP) is 2.62. The number of hydrogen-bond donors (Lipinski definition) is 1. The lowest BCUT2D eigenvalue weighted by atomic mass is 10.2. The van der Waals surface area contributed by atoms with Crippen LogP contribution in [0.25, 0.3) is 0 Å². The molecule has 18 heavy (non-hydrogen) atoms. The Morgan fingerprint density at radius 1 is 1.17 bits per heavy atom. The van der Waals surface area contributed by atoms with E-state index in [-0.39, 0.29) is 0 Å². The van der Waals surface area contributed by atoms with Crippen molar-refractivity contribution >= 4 is 31.8 Å². The van der Waals surface area contributed by atoms with Gasteiger partial charge in [0.25, 0.3) is 0 Å². The normalized spacial score (nSPS) is 11.8. The van der Waals surface area contributed by atoms with E-state index < -0.39 is 10.2 Å². The number of anilines is 1. The molecule has 0 aromatic heterocycles. The van der Waals surface area contributed by atoms with Crippen molar-refractivity contribution in [3.05, 3.63) is 29.8 Å². The molecule has 0 radical (unpaired) electrons. The summed E-state index contributed by atoms with van der Waals surface area (Å²) in [5.41, 5.74) is 1.78. The van der Waals surface area contributed by atoms with Crippen LogP contribution < -0.4 is 4.72 Å². The molecule has 0 fully saturated rings. The van der Waals surface area contributed by atoms with Crippen LogP contribution in [0.3, 0.4) is 0 Å². The minimum atomic E-state index is -3.43. The van der Waals surface area contributed by atoms with Crippen molar-refractivity contribution in [3.63, 3.8) is 0 Å². The average Bonchev–Trinajstić information content (AvgIpc) is 2.33. The van der Waals surface area contributed by atoms with Gasteiger partial charge in [0.2, 0.25) is 0 Å². The third-order valence-electron chi connectivity index (χ3n) is 2.63. The molecule has 0 saturated carbocycles. The molecule has 0 spiro atoms. The Labute approximate surface area is 118 Å². The molecule has 0 aliphatic heterocycles. The highest BCUT2D eigenvalue weighted by Crippen LogP contribution is 2.13. The third-order valence-corrected chi connectivity index (χ3v) is 4.72. The van der Waals surface area contributed by atoms with E-state index in [9.17, 15) is 8.42 Å². The average molecular weight is 335 g/mol. The minimum absolute atomic E-state index is 0.466. The Balaban J connectivity index is 2.78. The lowest BCUT2D eigenvalue weighted by Gasteiger charge is -2.19. The number of nitrogens with zero attached hydrogens (tertiary/aromatic N) is 1. The van der Waals surface area contributed by atoms with Crippen LogP contribution in [-0.2, 0) is 16.6 Å². The number of benzene rings is 1. The van der Waals surface area contributed by atoms with E-state index in [0.717, 1.165) is 11.8 Å². The number of hydrogen-bond acceptors (Lipinski definition) is 2. The molecule has 0 aliphatic rings. The molecule has 4 nitrogen and oxygen atoms in total. The summed E-state index contributed by atoms with van der Waals surface area (Å²) in [6, 6.07) is 7.45. The second-order valence-electron chi connectivity index (χ2n) is 3.83. The molecule has 1 aromatic carbocycles. The highest BCUT2D eigenvalue weighted by Gasteiger charge is 2.17. The zero-order valence-electron chi connectivity index (χ0n) is 10.7. The molecule has 1 aromatic rings. The standard InChI is InChI=1S/C12H19BrN2O2S/c1-3-15(4-2)18(16,17)14-12-7-5-11(6-8-12)9-10-13/h5-8,14H,3-4,9-10H2,1-2H3. The Kier molecular flexibility index (Phi) is 6.11. The lowest BCUT2D eigenvalue weighted by Crippen LogP contribution is -2.35. The monoisotopic (exact) mass is 334 g/mol. The molecule has 1 rings (SSSR count). The Morgan fingerprint density at radius 3 is 2.17 bits per heavy atom. The van der Waals surface area contributed by atoms with Gasteiger partial charge >= 0.3 is 10.2 Å². The van der Waals surface area contributed by atoms with E-state index in [1.807, 2.05) is 26.0 Å². The summed E-state index contributed by atoms with van der Waals surface area (Å²) >= 11 is 3.37. The maximum absolute atomic E-state index is 12.0. The van der Waals surface area contributed by atoms with Crippen molar-refractivity contribution in [2.75, 3.05) is 23.1 Å². The molecule has 0 unspecified atom stereocenters. The second kappa shape index (κ2) is 7.11. The number of alkyl halides is 1. The summed E-state index contributed by atoms with van der Waals surface area (Å²) in [6.45, 7) is 4.57. The van der Waals surface area contributed by atoms with Crippen molar-refractivity contribution in [3.8, 4) is 0 Å². The number of aryl methyl sites for hydroxylation is 1. The van der Waals surface area contributed by atoms with E-state index in [1.165, 1.54) is 9.87 Å². The van der Waals surface area contributed by atoms with Gasteiger partial charge in [-0.25, -0.2) is 0 Å². The van der Waals surface area contributed by atoms with Crippen LogP contribution in [0, 0.1) is 0 Å². The molecule has 6 heteroatoms. The van der Waals surface area contributed by atoms with E-state index in [1.54, 1.807) is 12.1 Å². The summed E-state index contributed by atoms with van der Waals surface area (Å²) < 4.78 is 27.9. The third kappa shape index (κ3) is 4.26. The Hall–Kier alpha value is -0.590. The fourth-order valence-corrected chi connectivity index (χ4v) is 3.33. The first-order valence-electron chi connectivity index (χ1n) is 5.96. The number of rotatable bonds is 7. The van der Waals surface area contributed by atoms with Crippen LogP contribution in [0.5, 0.6) is 0 Å². The van der Waals surface area contributed by atoms with E-state index in [2.05, 4.69) is 20.7 Å². The van der Waals surface area contributed by atoms with Crippen molar-refractivity contribution < 1.29 is 8.42 Å². The van der Waals surface area contributed by atoms with Crippen LogP contribution in [0.4, 0.5) is 5.69 Å². The summed E-state index contributed by atoms with van der Waals surface area (Å²) in [6.07, 6.45) is 0.934. The van der Waals surface area contributed by atoms with Gasteiger partial charge in [-0.3, -0.25) is 4.72 Å². The first kappa shape index (κ1) is 15.5. The van der Waals surface area contributed by atoms with Crippen LogP contribution >= 0.6 is 15.9 Å². The minimum Gasteiger partial charge on any atom is -0.271 e. The Morgan fingerprint density at radius 2 is 1.72 bits per heavy atom. The molecule has 0 heterocycles. The molecule has 102 valence electrons. The SMILES string of the molecule is CCN(CC)S(=O)(=O)Nc1ccc(CCBr)cc1. The topological polar surface area (TPSA) is 49.4 Å². The van der Waals surface area contributed by atoms with Gasteiger partial charge in [-0.05, 0) is 24.1 Å². The summed E-state index contributed by atoms with van der Waals surface area (Å²) in [5, 5.41) is 0.900. The van der Waals surface area contributed by atoms with Crippen LogP contribution in [0.15, 0.2) is 24.3 Å². The Bertz CT molecular complexity index is 455. The summed E-state index contributed by atoms with van der Waals surface area (Å²) in [4.78, 5) is 0. The lowest BCUT2D eigenvalue weighted by molar-refractivity contribution is 0.449. The molecule has 1 N–H and O–H groups in total. The first-order valence-corrected chi connectivity index (χ1v) is 8.52. The van der Waals surface area contributed by atoms with Crippen molar-refractivity contribution in [2.45, 2.75) is 20.3 Å². The van der Waals surface area contributed by atoms with Gasteiger partial charge in [-0.15, -0.1) is 0 Å². The maximum Gasteiger partial charge on any atom is 0.301 e. The number of halogens is 1. The van der Waals surface area contributed by atoms with Gasteiger partial charge in [0.1, 0.15) is 0 Å². The van der Waals surface area contributed by atoms with Crippen LogP contribution in [0.1, 0.15) is 19.4 Å². The fraction of sp³-hybridized carbons (Fsp3) is 0.500. The van der Waals surface area contributed by atoms with Gasteiger partial charge < -0.3 is 0 Å². The van der Waals surface area contributed by atoms with Crippen LogP contribution in [0.2, 0.25) is 0 Å². The summed E-state index contributed by atoms with van der Waals surface area (Å²) in [5.74, 6) is 0.